The van der Waals surface area contributed by atoms with Crippen molar-refractivity contribution in [1.82, 2.24) is 10.4 Å². The zero-order valence-electron chi connectivity index (χ0n) is 14.1. The van der Waals surface area contributed by atoms with E-state index >= 15 is 0 Å². The largest absolute Gasteiger partial charge is 0.449 e. The van der Waals surface area contributed by atoms with Crippen LogP contribution in [0.4, 0.5) is 9.59 Å². The molecule has 0 bridgehead atoms. The summed E-state index contributed by atoms with van der Waals surface area (Å²) in [7, 11) is 0. The first-order valence-electron chi connectivity index (χ1n) is 8.18. The third-order valence-electron chi connectivity index (χ3n) is 3.34. The number of ether oxygens (including phenoxy) is 2. The maximum absolute atomic E-state index is 12.1. The van der Waals surface area contributed by atoms with Gasteiger partial charge >= 0.3 is 12.2 Å². The van der Waals surface area contributed by atoms with Crippen molar-refractivity contribution in [2.24, 2.45) is 5.92 Å². The molecule has 0 spiro atoms. The van der Waals surface area contributed by atoms with E-state index in [1.54, 1.807) is 13.8 Å². The smallest absolute Gasteiger partial charge is 0.429 e. The van der Waals surface area contributed by atoms with Crippen molar-refractivity contribution in [2.75, 3.05) is 13.2 Å². The van der Waals surface area contributed by atoms with Crippen LogP contribution in [-0.4, -0.2) is 36.5 Å². The lowest BCUT2D eigenvalue weighted by atomic mass is 10.0. The molecule has 6 heteroatoms. The molecule has 0 aliphatic heterocycles. The van der Waals surface area contributed by atoms with Crippen LogP contribution in [0.3, 0.4) is 0 Å². The van der Waals surface area contributed by atoms with Gasteiger partial charge in [-0.25, -0.2) is 20.0 Å². The minimum absolute atomic E-state index is 0.127. The van der Waals surface area contributed by atoms with Crippen molar-refractivity contribution < 1.29 is 19.1 Å². The maximum atomic E-state index is 12.1. The SMILES string of the molecule is CCCCC#C[C@H]1C=CC[C@@H]1N(NC(=O)OCC)C(=O)OCC. The number of carbonyl (C=O) groups excluding carboxylic acids is 2. The molecule has 0 aromatic carbocycles. The summed E-state index contributed by atoms with van der Waals surface area (Å²) in [5, 5.41) is 1.20. The fourth-order valence-corrected chi connectivity index (χ4v) is 2.22. The van der Waals surface area contributed by atoms with Gasteiger partial charge in [-0.1, -0.05) is 31.4 Å². The first-order chi connectivity index (χ1) is 11.1. The number of nitrogens with one attached hydrogen (secondary N) is 1. The van der Waals surface area contributed by atoms with Crippen LogP contribution in [-0.2, 0) is 9.47 Å². The van der Waals surface area contributed by atoms with E-state index in [0.29, 0.717) is 6.42 Å². The number of nitrogens with zero attached hydrogens (tertiary/aromatic N) is 1. The molecule has 0 saturated carbocycles. The lowest BCUT2D eigenvalue weighted by molar-refractivity contribution is 0.0527. The second-order valence-electron chi connectivity index (χ2n) is 5.08. The molecule has 0 aromatic heterocycles. The van der Waals surface area contributed by atoms with Gasteiger partial charge in [-0.3, -0.25) is 0 Å². The molecule has 1 aliphatic carbocycles. The van der Waals surface area contributed by atoms with Crippen LogP contribution in [0.1, 0.15) is 46.5 Å². The van der Waals surface area contributed by atoms with E-state index in [2.05, 4.69) is 24.2 Å². The Morgan fingerprint density at radius 1 is 1.26 bits per heavy atom. The van der Waals surface area contributed by atoms with Crippen molar-refractivity contribution >= 4 is 12.2 Å². The molecular weight excluding hydrogens is 296 g/mol. The van der Waals surface area contributed by atoms with Crippen molar-refractivity contribution in [3.63, 3.8) is 0 Å². The van der Waals surface area contributed by atoms with Gasteiger partial charge in [0.05, 0.1) is 25.2 Å². The van der Waals surface area contributed by atoms with E-state index in [-0.39, 0.29) is 25.2 Å². The van der Waals surface area contributed by atoms with Crippen LogP contribution in [0.15, 0.2) is 12.2 Å². The molecule has 0 heterocycles. The number of carbonyl (C=O) groups is 2. The first kappa shape index (κ1) is 18.9. The Bertz CT molecular complexity index is 479. The predicted molar refractivity (Wildman–Crippen MR) is 87.4 cm³/mol. The Hall–Kier alpha value is -2.16. The van der Waals surface area contributed by atoms with Gasteiger partial charge in [0.1, 0.15) is 0 Å². The molecule has 0 radical (unpaired) electrons. The van der Waals surface area contributed by atoms with Crippen LogP contribution in [0.5, 0.6) is 0 Å². The third-order valence-corrected chi connectivity index (χ3v) is 3.34. The van der Waals surface area contributed by atoms with Gasteiger partial charge in [0.25, 0.3) is 0 Å². The average molecular weight is 322 g/mol. The Balaban J connectivity index is 2.79. The fourth-order valence-electron chi connectivity index (χ4n) is 2.22. The van der Waals surface area contributed by atoms with Gasteiger partial charge in [-0.2, -0.15) is 0 Å². The van der Waals surface area contributed by atoms with E-state index in [1.807, 2.05) is 12.2 Å². The standard InChI is InChI=1S/C17H26N2O4/c1-4-7-8-9-11-14-12-10-13-15(14)19(17(21)23-6-3)18-16(20)22-5-2/h10,12,14-15H,4-8,13H2,1-3H3,(H,18,20)/t14-,15-/m0/s1. The summed E-state index contributed by atoms with van der Waals surface area (Å²) in [6.07, 6.45) is 6.23. The summed E-state index contributed by atoms with van der Waals surface area (Å²) in [5.74, 6) is 6.18. The summed E-state index contributed by atoms with van der Waals surface area (Å²) in [6.45, 7) is 5.99. The molecule has 0 fully saturated rings. The second-order valence-corrected chi connectivity index (χ2v) is 5.08. The molecular formula is C17H26N2O4. The molecule has 23 heavy (non-hydrogen) atoms. The Kier molecular flexibility index (Phi) is 8.66. The van der Waals surface area contributed by atoms with Crippen molar-refractivity contribution in [3.05, 3.63) is 12.2 Å². The summed E-state index contributed by atoms with van der Waals surface area (Å²) in [6, 6.07) is -0.285. The minimum atomic E-state index is -0.676. The topological polar surface area (TPSA) is 67.9 Å². The monoisotopic (exact) mass is 322 g/mol. The van der Waals surface area contributed by atoms with Gasteiger partial charge < -0.3 is 9.47 Å². The summed E-state index contributed by atoms with van der Waals surface area (Å²) in [5.41, 5.74) is 2.47. The number of hydrogen-bond acceptors (Lipinski definition) is 4. The Morgan fingerprint density at radius 2 is 2.00 bits per heavy atom. The van der Waals surface area contributed by atoms with Crippen LogP contribution in [0.2, 0.25) is 0 Å². The van der Waals surface area contributed by atoms with E-state index in [9.17, 15) is 9.59 Å². The summed E-state index contributed by atoms with van der Waals surface area (Å²) < 4.78 is 9.88. The Labute approximate surface area is 138 Å². The van der Waals surface area contributed by atoms with Crippen LogP contribution in [0, 0.1) is 17.8 Å². The highest BCUT2D eigenvalue weighted by Crippen LogP contribution is 2.23. The molecule has 0 saturated heterocycles. The quantitative estimate of drug-likeness (QED) is 0.365. The Morgan fingerprint density at radius 3 is 2.65 bits per heavy atom. The molecule has 1 N–H and O–H groups in total. The molecule has 6 nitrogen and oxygen atoms in total. The maximum Gasteiger partial charge on any atom is 0.429 e. The molecule has 0 unspecified atom stereocenters. The van der Waals surface area contributed by atoms with Gasteiger partial charge in [-0.05, 0) is 26.7 Å². The van der Waals surface area contributed by atoms with Crippen LogP contribution in [0.25, 0.3) is 0 Å². The highest BCUT2D eigenvalue weighted by atomic mass is 16.6. The number of amides is 2. The van der Waals surface area contributed by atoms with Gasteiger partial charge in [0.2, 0.25) is 0 Å². The average Bonchev–Trinajstić information content (AvgIpc) is 2.98. The van der Waals surface area contributed by atoms with Crippen LogP contribution >= 0.6 is 0 Å². The zero-order chi connectivity index (χ0) is 17.1. The minimum Gasteiger partial charge on any atom is -0.449 e. The highest BCUT2D eigenvalue weighted by Gasteiger charge is 2.33. The molecule has 128 valence electrons. The second kappa shape index (κ2) is 10.5. The van der Waals surface area contributed by atoms with Gasteiger partial charge in [0, 0.05) is 6.42 Å². The number of hydrogen-bond donors (Lipinski definition) is 1. The number of hydrazine groups is 1. The normalized spacial score (nSPS) is 18.7. The van der Waals surface area contributed by atoms with Crippen LogP contribution < -0.4 is 5.43 Å². The van der Waals surface area contributed by atoms with E-state index in [4.69, 9.17) is 9.47 Å². The van der Waals surface area contributed by atoms with Crippen molar-refractivity contribution in [1.29, 1.82) is 0 Å². The first-order valence-corrected chi connectivity index (χ1v) is 8.18. The predicted octanol–water partition coefficient (Wildman–Crippen LogP) is 3.24. The van der Waals surface area contributed by atoms with E-state index in [0.717, 1.165) is 19.3 Å². The van der Waals surface area contributed by atoms with E-state index in [1.165, 1.54) is 5.01 Å². The molecule has 2 amide bonds. The lowest BCUT2D eigenvalue weighted by Gasteiger charge is -2.29. The molecule has 1 rings (SSSR count). The zero-order valence-corrected chi connectivity index (χ0v) is 14.1. The number of rotatable bonds is 5. The molecule has 2 atom stereocenters. The van der Waals surface area contributed by atoms with Crippen molar-refractivity contribution in [2.45, 2.75) is 52.5 Å². The summed E-state index contributed by atoms with van der Waals surface area (Å²) >= 11 is 0. The number of unbranched alkanes of at least 4 members (excludes halogenated alkanes) is 2. The lowest BCUT2D eigenvalue weighted by Crippen LogP contribution is -2.53. The highest BCUT2D eigenvalue weighted by molar-refractivity contribution is 5.74. The van der Waals surface area contributed by atoms with Crippen molar-refractivity contribution in [3.8, 4) is 11.8 Å². The molecule has 0 aromatic rings. The summed E-state index contributed by atoms with van der Waals surface area (Å²) in [4.78, 5) is 23.8. The fraction of sp³-hybridized carbons (Fsp3) is 0.647. The van der Waals surface area contributed by atoms with Gasteiger partial charge in [-0.15, -0.1) is 5.92 Å². The van der Waals surface area contributed by atoms with E-state index < -0.39 is 12.2 Å². The molecule has 1 aliphatic rings. The third kappa shape index (κ3) is 6.23. The van der Waals surface area contributed by atoms with Gasteiger partial charge in [0.15, 0.2) is 0 Å².